The molecule has 1 atom stereocenters. The lowest BCUT2D eigenvalue weighted by molar-refractivity contribution is 0.0793. The maximum absolute atomic E-state index is 12.7. The van der Waals surface area contributed by atoms with Crippen LogP contribution in [0.25, 0.3) is 0 Å². The van der Waals surface area contributed by atoms with Crippen molar-refractivity contribution in [3.63, 3.8) is 0 Å². The van der Waals surface area contributed by atoms with E-state index in [-0.39, 0.29) is 12.5 Å². The van der Waals surface area contributed by atoms with Gasteiger partial charge in [0, 0.05) is 18.7 Å². The summed E-state index contributed by atoms with van der Waals surface area (Å²) in [5, 5.41) is -0.529. The van der Waals surface area contributed by atoms with Gasteiger partial charge in [-0.15, -0.1) is 0 Å². The molecule has 1 unspecified atom stereocenters. The van der Waals surface area contributed by atoms with Crippen molar-refractivity contribution in [2.45, 2.75) is 36.3 Å². The first-order valence-corrected chi connectivity index (χ1v) is 10.2. The molecule has 5 heteroatoms. The lowest BCUT2D eigenvalue weighted by Gasteiger charge is -2.17. The largest absolute Gasteiger partial charge is 0.337 e. The Morgan fingerprint density at radius 1 is 1.08 bits per heavy atom. The van der Waals surface area contributed by atoms with Crippen LogP contribution in [0.4, 0.5) is 0 Å². The van der Waals surface area contributed by atoms with Gasteiger partial charge in [-0.05, 0) is 42.7 Å². The van der Waals surface area contributed by atoms with Gasteiger partial charge in [0.15, 0.2) is 9.84 Å². The number of rotatable bonds is 5. The van der Waals surface area contributed by atoms with Gasteiger partial charge in [0.1, 0.15) is 0 Å². The zero-order valence-corrected chi connectivity index (χ0v) is 15.2. The maximum Gasteiger partial charge on any atom is 0.253 e. The van der Waals surface area contributed by atoms with E-state index in [9.17, 15) is 13.2 Å². The van der Waals surface area contributed by atoms with Crippen LogP contribution in [-0.2, 0) is 16.3 Å². The average molecular weight is 357 g/mol. The Balaban J connectivity index is 1.71. The van der Waals surface area contributed by atoms with E-state index in [1.807, 2.05) is 24.3 Å². The molecule has 132 valence electrons. The summed E-state index contributed by atoms with van der Waals surface area (Å²) in [4.78, 5) is 14.6. The van der Waals surface area contributed by atoms with E-state index in [4.69, 9.17) is 0 Å². The van der Waals surface area contributed by atoms with Gasteiger partial charge in [-0.3, -0.25) is 4.79 Å². The van der Waals surface area contributed by atoms with Crippen molar-refractivity contribution in [2.75, 3.05) is 13.1 Å². The number of sulfone groups is 1. The first kappa shape index (κ1) is 17.7. The summed E-state index contributed by atoms with van der Waals surface area (Å²) >= 11 is 0. The molecule has 0 bridgehead atoms. The molecule has 1 amide bonds. The van der Waals surface area contributed by atoms with E-state index in [0.717, 1.165) is 12.8 Å². The molecule has 0 spiro atoms. The molecule has 0 aliphatic carbocycles. The Hall–Kier alpha value is -2.14. The van der Waals surface area contributed by atoms with E-state index in [0.29, 0.717) is 23.4 Å². The fourth-order valence-electron chi connectivity index (χ4n) is 3.25. The predicted octanol–water partition coefficient (Wildman–Crippen LogP) is 3.33. The van der Waals surface area contributed by atoms with E-state index >= 15 is 0 Å². The second-order valence-electron chi connectivity index (χ2n) is 6.47. The minimum absolute atomic E-state index is 0.0891. The standard InChI is InChI=1S/C20H23NO3S/c1-2-6-16-9-11-17(12-10-16)20(22)21-14-13-19(15-21)25(23,24)18-7-4-3-5-8-18/h3-5,7-12,19H,2,6,13-15H2,1H3. The van der Waals surface area contributed by atoms with Crippen LogP contribution in [0.2, 0.25) is 0 Å². The number of likely N-dealkylation sites (tertiary alicyclic amines) is 1. The van der Waals surface area contributed by atoms with Crippen molar-refractivity contribution < 1.29 is 13.2 Å². The highest BCUT2D eigenvalue weighted by molar-refractivity contribution is 7.92. The summed E-state index contributed by atoms with van der Waals surface area (Å²) in [5.74, 6) is -0.0891. The van der Waals surface area contributed by atoms with Crippen LogP contribution < -0.4 is 0 Å². The molecular weight excluding hydrogens is 334 g/mol. The van der Waals surface area contributed by atoms with Crippen molar-refractivity contribution in [1.29, 1.82) is 0 Å². The summed E-state index contributed by atoms with van der Waals surface area (Å²) in [7, 11) is -3.40. The van der Waals surface area contributed by atoms with Gasteiger partial charge in [0.2, 0.25) is 0 Å². The zero-order valence-electron chi connectivity index (χ0n) is 14.4. The quantitative estimate of drug-likeness (QED) is 0.825. The second-order valence-corrected chi connectivity index (χ2v) is 8.69. The van der Waals surface area contributed by atoms with Gasteiger partial charge in [0.05, 0.1) is 10.1 Å². The molecule has 2 aromatic rings. The second kappa shape index (κ2) is 7.40. The molecule has 2 aromatic carbocycles. The maximum atomic E-state index is 12.7. The molecule has 0 aromatic heterocycles. The van der Waals surface area contributed by atoms with E-state index in [1.165, 1.54) is 5.56 Å². The van der Waals surface area contributed by atoms with Gasteiger partial charge in [-0.1, -0.05) is 43.7 Å². The molecule has 1 saturated heterocycles. The number of carbonyl (C=O) groups excluding carboxylic acids is 1. The Kier molecular flexibility index (Phi) is 5.23. The predicted molar refractivity (Wildman–Crippen MR) is 98.4 cm³/mol. The molecule has 1 aliphatic heterocycles. The highest BCUT2D eigenvalue weighted by Crippen LogP contribution is 2.25. The number of amides is 1. The first-order chi connectivity index (χ1) is 12.0. The number of nitrogens with zero attached hydrogens (tertiary/aromatic N) is 1. The molecule has 4 nitrogen and oxygen atoms in total. The molecular formula is C20H23NO3S. The first-order valence-electron chi connectivity index (χ1n) is 8.69. The van der Waals surface area contributed by atoms with Crippen molar-refractivity contribution in [2.24, 2.45) is 0 Å². The molecule has 1 fully saturated rings. The van der Waals surface area contributed by atoms with Gasteiger partial charge >= 0.3 is 0 Å². The fraction of sp³-hybridized carbons (Fsp3) is 0.350. The highest BCUT2D eigenvalue weighted by Gasteiger charge is 2.36. The van der Waals surface area contributed by atoms with Crippen LogP contribution in [0.5, 0.6) is 0 Å². The average Bonchev–Trinajstić information content (AvgIpc) is 3.14. The van der Waals surface area contributed by atoms with Gasteiger partial charge in [-0.25, -0.2) is 8.42 Å². The lowest BCUT2D eigenvalue weighted by atomic mass is 10.1. The third kappa shape index (κ3) is 3.76. The number of benzene rings is 2. The number of aryl methyl sites for hydroxylation is 1. The van der Waals surface area contributed by atoms with Crippen molar-refractivity contribution >= 4 is 15.7 Å². The molecule has 0 radical (unpaired) electrons. The van der Waals surface area contributed by atoms with Gasteiger partial charge in [0.25, 0.3) is 5.91 Å². The van der Waals surface area contributed by atoms with Gasteiger partial charge in [-0.2, -0.15) is 0 Å². The third-order valence-corrected chi connectivity index (χ3v) is 6.87. The Morgan fingerprint density at radius 3 is 2.40 bits per heavy atom. The van der Waals surface area contributed by atoms with Crippen molar-refractivity contribution in [3.8, 4) is 0 Å². The number of hydrogen-bond donors (Lipinski definition) is 0. The molecule has 25 heavy (non-hydrogen) atoms. The lowest BCUT2D eigenvalue weighted by Crippen LogP contribution is -2.31. The van der Waals surface area contributed by atoms with Crippen LogP contribution in [0, 0.1) is 0 Å². The summed E-state index contributed by atoms with van der Waals surface area (Å²) in [6, 6.07) is 16.1. The number of carbonyl (C=O) groups is 1. The van der Waals surface area contributed by atoms with Crippen LogP contribution in [0.3, 0.4) is 0 Å². The minimum Gasteiger partial charge on any atom is -0.337 e. The van der Waals surface area contributed by atoms with E-state index < -0.39 is 15.1 Å². The highest BCUT2D eigenvalue weighted by atomic mass is 32.2. The molecule has 3 rings (SSSR count). The van der Waals surface area contributed by atoms with Crippen molar-refractivity contribution in [3.05, 3.63) is 65.7 Å². The normalized spacial score (nSPS) is 17.6. The molecule has 1 aliphatic rings. The van der Waals surface area contributed by atoms with Gasteiger partial charge < -0.3 is 4.90 Å². The topological polar surface area (TPSA) is 54.5 Å². The molecule has 0 N–H and O–H groups in total. The Bertz CT molecular complexity index is 829. The molecule has 1 heterocycles. The smallest absolute Gasteiger partial charge is 0.253 e. The fourth-order valence-corrected chi connectivity index (χ4v) is 4.97. The monoisotopic (exact) mass is 357 g/mol. The van der Waals surface area contributed by atoms with Crippen molar-refractivity contribution in [1.82, 2.24) is 4.90 Å². The summed E-state index contributed by atoms with van der Waals surface area (Å²) in [6.45, 7) is 2.86. The third-order valence-electron chi connectivity index (χ3n) is 4.68. The zero-order chi connectivity index (χ0) is 17.9. The minimum atomic E-state index is -3.40. The summed E-state index contributed by atoms with van der Waals surface area (Å²) in [5.41, 5.74) is 1.84. The van der Waals surface area contributed by atoms with Crippen LogP contribution in [-0.4, -0.2) is 37.6 Å². The van der Waals surface area contributed by atoms with Crippen LogP contribution in [0.1, 0.15) is 35.7 Å². The summed E-state index contributed by atoms with van der Waals surface area (Å²) < 4.78 is 25.4. The SMILES string of the molecule is CCCc1ccc(C(=O)N2CCC(S(=O)(=O)c3ccccc3)C2)cc1. The number of hydrogen-bond acceptors (Lipinski definition) is 3. The summed E-state index contributed by atoms with van der Waals surface area (Å²) in [6.07, 6.45) is 2.55. The van der Waals surface area contributed by atoms with E-state index in [1.54, 1.807) is 35.2 Å². The van der Waals surface area contributed by atoms with Crippen LogP contribution >= 0.6 is 0 Å². The van der Waals surface area contributed by atoms with E-state index in [2.05, 4.69) is 6.92 Å². The Labute approximate surface area is 149 Å². The Morgan fingerprint density at radius 2 is 1.76 bits per heavy atom. The molecule has 0 saturated carbocycles. The van der Waals surface area contributed by atoms with Crippen LogP contribution in [0.15, 0.2) is 59.5 Å².